The highest BCUT2D eigenvalue weighted by Crippen LogP contribution is 2.23. The Morgan fingerprint density at radius 3 is 2.15 bits per heavy atom. The number of carbonyl (C=O) groups excluding carboxylic acids is 2. The van der Waals surface area contributed by atoms with Crippen molar-refractivity contribution in [3.05, 3.63) is 65.2 Å². The molecule has 2 aromatic carbocycles. The summed E-state index contributed by atoms with van der Waals surface area (Å²) < 4.78 is 0. The predicted molar refractivity (Wildman–Crippen MR) is 107 cm³/mol. The minimum Gasteiger partial charge on any atom is -0.350 e. The molecule has 138 valence electrons. The molecule has 2 amide bonds. The molecule has 2 rings (SSSR count). The number of hydrogen-bond donors (Lipinski definition) is 2. The summed E-state index contributed by atoms with van der Waals surface area (Å²) in [6.45, 7) is 10.4. The Kier molecular flexibility index (Phi) is 6.19. The zero-order chi connectivity index (χ0) is 19.3. The Balaban J connectivity index is 2.18. The van der Waals surface area contributed by atoms with Crippen LogP contribution in [0.3, 0.4) is 0 Å². The van der Waals surface area contributed by atoms with Gasteiger partial charge in [0.05, 0.1) is 11.3 Å². The lowest BCUT2D eigenvalue weighted by atomic mass is 9.86. The third kappa shape index (κ3) is 4.94. The highest BCUT2D eigenvalue weighted by atomic mass is 16.2. The van der Waals surface area contributed by atoms with E-state index in [1.165, 1.54) is 5.56 Å². The highest BCUT2D eigenvalue weighted by molar-refractivity contribution is 6.09. The molecule has 0 saturated carbocycles. The molecule has 2 aromatic rings. The number of hydrogen-bond acceptors (Lipinski definition) is 2. The number of para-hydroxylation sites is 1. The van der Waals surface area contributed by atoms with Crippen LogP contribution in [0.2, 0.25) is 0 Å². The second-order valence-electron chi connectivity index (χ2n) is 7.61. The van der Waals surface area contributed by atoms with Crippen LogP contribution < -0.4 is 10.6 Å². The van der Waals surface area contributed by atoms with Gasteiger partial charge in [-0.3, -0.25) is 9.59 Å². The van der Waals surface area contributed by atoms with Crippen molar-refractivity contribution in [2.24, 2.45) is 0 Å². The Morgan fingerprint density at radius 2 is 1.58 bits per heavy atom. The topological polar surface area (TPSA) is 58.2 Å². The number of benzene rings is 2. The van der Waals surface area contributed by atoms with Gasteiger partial charge in [0.2, 0.25) is 0 Å². The molecule has 0 aliphatic carbocycles. The van der Waals surface area contributed by atoms with Crippen LogP contribution in [0.1, 0.15) is 67.3 Å². The van der Waals surface area contributed by atoms with Crippen LogP contribution in [0.15, 0.2) is 48.5 Å². The predicted octanol–water partition coefficient (Wildman–Crippen LogP) is 4.76. The molecular formula is C22H28N2O2. The molecule has 0 aliphatic heterocycles. The Morgan fingerprint density at radius 1 is 0.962 bits per heavy atom. The summed E-state index contributed by atoms with van der Waals surface area (Å²) in [4.78, 5) is 25.0. The van der Waals surface area contributed by atoms with E-state index in [1.807, 2.05) is 38.1 Å². The molecule has 4 nitrogen and oxygen atoms in total. The van der Waals surface area contributed by atoms with Gasteiger partial charge in [0.1, 0.15) is 0 Å². The number of nitrogens with one attached hydrogen (secondary N) is 2. The van der Waals surface area contributed by atoms with E-state index in [1.54, 1.807) is 24.3 Å². The summed E-state index contributed by atoms with van der Waals surface area (Å²) in [5.41, 5.74) is 2.75. The van der Waals surface area contributed by atoms with Gasteiger partial charge in [-0.25, -0.2) is 0 Å². The maximum Gasteiger partial charge on any atom is 0.255 e. The smallest absolute Gasteiger partial charge is 0.255 e. The third-order valence-corrected chi connectivity index (χ3v) is 4.42. The minimum atomic E-state index is -0.228. The van der Waals surface area contributed by atoms with Crippen molar-refractivity contribution in [2.75, 3.05) is 5.32 Å². The molecule has 26 heavy (non-hydrogen) atoms. The van der Waals surface area contributed by atoms with Gasteiger partial charge in [-0.15, -0.1) is 0 Å². The standard InChI is InChI=1S/C22H28N2O2/c1-6-15(2)23-21(26)18-9-7-8-10-19(18)24-20(25)16-11-13-17(14-12-16)22(3,4)5/h7-15H,6H2,1-5H3,(H,23,26)(H,24,25)/t15-/m0/s1. The van der Waals surface area contributed by atoms with E-state index in [2.05, 4.69) is 31.4 Å². The van der Waals surface area contributed by atoms with Crippen molar-refractivity contribution in [1.29, 1.82) is 0 Å². The maximum atomic E-state index is 12.6. The summed E-state index contributed by atoms with van der Waals surface area (Å²) in [5, 5.41) is 5.79. The van der Waals surface area contributed by atoms with E-state index in [0.29, 0.717) is 16.8 Å². The van der Waals surface area contributed by atoms with Crippen molar-refractivity contribution in [3.63, 3.8) is 0 Å². The molecule has 0 aromatic heterocycles. The SMILES string of the molecule is CC[C@H](C)NC(=O)c1ccccc1NC(=O)c1ccc(C(C)(C)C)cc1. The lowest BCUT2D eigenvalue weighted by Gasteiger charge is -2.19. The van der Waals surface area contributed by atoms with Gasteiger partial charge >= 0.3 is 0 Å². The lowest BCUT2D eigenvalue weighted by Crippen LogP contribution is -2.32. The second kappa shape index (κ2) is 8.17. The fourth-order valence-corrected chi connectivity index (χ4v) is 2.51. The molecule has 0 radical (unpaired) electrons. The van der Waals surface area contributed by atoms with Gasteiger partial charge in [-0.1, -0.05) is 52.0 Å². The van der Waals surface area contributed by atoms with Crippen LogP contribution in [0.5, 0.6) is 0 Å². The molecular weight excluding hydrogens is 324 g/mol. The molecule has 0 aliphatic rings. The van der Waals surface area contributed by atoms with E-state index in [9.17, 15) is 9.59 Å². The lowest BCUT2D eigenvalue weighted by molar-refractivity contribution is 0.0940. The summed E-state index contributed by atoms with van der Waals surface area (Å²) >= 11 is 0. The van der Waals surface area contributed by atoms with Gasteiger partial charge < -0.3 is 10.6 Å². The van der Waals surface area contributed by atoms with Gasteiger partial charge in [-0.2, -0.15) is 0 Å². The molecule has 4 heteroatoms. The zero-order valence-electron chi connectivity index (χ0n) is 16.2. The van der Waals surface area contributed by atoms with E-state index in [-0.39, 0.29) is 23.3 Å². The van der Waals surface area contributed by atoms with Crippen LogP contribution in [0, 0.1) is 0 Å². The highest BCUT2D eigenvalue weighted by Gasteiger charge is 2.17. The molecule has 0 unspecified atom stereocenters. The van der Waals surface area contributed by atoms with E-state index in [0.717, 1.165) is 6.42 Å². The maximum absolute atomic E-state index is 12.6. The summed E-state index contributed by atoms with van der Waals surface area (Å²) in [6.07, 6.45) is 0.848. The fraction of sp³-hybridized carbons (Fsp3) is 0.364. The van der Waals surface area contributed by atoms with E-state index in [4.69, 9.17) is 0 Å². The fourth-order valence-electron chi connectivity index (χ4n) is 2.51. The van der Waals surface area contributed by atoms with Gasteiger partial charge in [0.15, 0.2) is 0 Å². The molecule has 1 atom stereocenters. The van der Waals surface area contributed by atoms with Crippen LogP contribution in [-0.4, -0.2) is 17.9 Å². The first-order valence-electron chi connectivity index (χ1n) is 9.04. The molecule has 0 bridgehead atoms. The molecule has 0 fully saturated rings. The quantitative estimate of drug-likeness (QED) is 0.815. The van der Waals surface area contributed by atoms with Crippen molar-refractivity contribution in [3.8, 4) is 0 Å². The normalized spacial score (nSPS) is 12.3. The van der Waals surface area contributed by atoms with Gasteiger partial charge in [0, 0.05) is 11.6 Å². The summed E-state index contributed by atoms with van der Waals surface area (Å²) in [6, 6.07) is 14.7. The largest absolute Gasteiger partial charge is 0.350 e. The van der Waals surface area contributed by atoms with Crippen molar-refractivity contribution < 1.29 is 9.59 Å². The first kappa shape index (κ1) is 19.7. The van der Waals surface area contributed by atoms with Gasteiger partial charge in [0.25, 0.3) is 11.8 Å². The second-order valence-corrected chi connectivity index (χ2v) is 7.61. The van der Waals surface area contributed by atoms with Crippen molar-refractivity contribution in [2.45, 2.75) is 52.5 Å². The van der Waals surface area contributed by atoms with Crippen molar-refractivity contribution in [1.82, 2.24) is 5.32 Å². The van der Waals surface area contributed by atoms with Crippen LogP contribution >= 0.6 is 0 Å². The monoisotopic (exact) mass is 352 g/mol. The molecule has 0 spiro atoms. The Bertz CT molecular complexity index is 773. The number of rotatable bonds is 5. The molecule has 0 heterocycles. The first-order chi connectivity index (χ1) is 12.2. The van der Waals surface area contributed by atoms with Gasteiger partial charge in [-0.05, 0) is 48.6 Å². The van der Waals surface area contributed by atoms with Crippen LogP contribution in [-0.2, 0) is 5.41 Å². The number of amides is 2. The van der Waals surface area contributed by atoms with E-state index < -0.39 is 0 Å². The molecule has 0 saturated heterocycles. The zero-order valence-corrected chi connectivity index (χ0v) is 16.2. The Hall–Kier alpha value is -2.62. The summed E-state index contributed by atoms with van der Waals surface area (Å²) in [5.74, 6) is -0.410. The first-order valence-corrected chi connectivity index (χ1v) is 9.04. The van der Waals surface area contributed by atoms with Crippen LogP contribution in [0.4, 0.5) is 5.69 Å². The average Bonchev–Trinajstić information content (AvgIpc) is 2.61. The van der Waals surface area contributed by atoms with E-state index >= 15 is 0 Å². The number of carbonyl (C=O) groups is 2. The minimum absolute atomic E-state index is 0.0374. The summed E-state index contributed by atoms with van der Waals surface area (Å²) in [7, 11) is 0. The average molecular weight is 352 g/mol. The third-order valence-electron chi connectivity index (χ3n) is 4.42. The number of anilines is 1. The molecule has 2 N–H and O–H groups in total. The van der Waals surface area contributed by atoms with Crippen molar-refractivity contribution >= 4 is 17.5 Å². The van der Waals surface area contributed by atoms with Crippen LogP contribution in [0.25, 0.3) is 0 Å². The Labute approximate surface area is 156 Å².